The Morgan fingerprint density at radius 2 is 1.76 bits per heavy atom. The van der Waals surface area contributed by atoms with Crippen molar-refractivity contribution < 1.29 is 9.53 Å². The van der Waals surface area contributed by atoms with Gasteiger partial charge in [0.05, 0.1) is 30.5 Å². The molecule has 6 nitrogen and oxygen atoms in total. The van der Waals surface area contributed by atoms with Crippen molar-refractivity contribution in [3.05, 3.63) is 59.8 Å². The number of ether oxygens (including phenoxy) is 1. The van der Waals surface area contributed by atoms with Crippen molar-refractivity contribution in [1.82, 2.24) is 9.88 Å². The van der Waals surface area contributed by atoms with Gasteiger partial charge in [-0.15, -0.1) is 0 Å². The Bertz CT molecular complexity index is 1110. The monoisotopic (exact) mass is 446 g/mol. The van der Waals surface area contributed by atoms with E-state index < -0.39 is 0 Å². The van der Waals surface area contributed by atoms with Crippen molar-refractivity contribution in [2.24, 2.45) is 0 Å². The van der Waals surface area contributed by atoms with Gasteiger partial charge in [-0.25, -0.2) is 0 Å². The molecule has 6 heteroatoms. The van der Waals surface area contributed by atoms with Crippen LogP contribution in [0.15, 0.2) is 48.5 Å². The molecule has 33 heavy (non-hydrogen) atoms. The summed E-state index contributed by atoms with van der Waals surface area (Å²) in [5.41, 5.74) is 5.25. The normalized spacial score (nSPS) is 14.5. The number of nitrogens with one attached hydrogen (secondary N) is 1. The number of fused-ring (bicyclic) bond motifs is 1. The number of methoxy groups -OCH3 is 1. The minimum absolute atomic E-state index is 0.0363. The van der Waals surface area contributed by atoms with Gasteiger partial charge in [0.15, 0.2) is 0 Å². The van der Waals surface area contributed by atoms with Crippen molar-refractivity contribution in [3.8, 4) is 5.75 Å². The van der Waals surface area contributed by atoms with Crippen LogP contribution in [0.1, 0.15) is 31.5 Å². The van der Waals surface area contributed by atoms with Crippen LogP contribution in [-0.4, -0.2) is 55.6 Å². The van der Waals surface area contributed by atoms with Gasteiger partial charge in [0.1, 0.15) is 5.75 Å². The molecular weight excluding hydrogens is 412 g/mol. The van der Waals surface area contributed by atoms with Crippen LogP contribution >= 0.6 is 0 Å². The van der Waals surface area contributed by atoms with Gasteiger partial charge in [-0.3, -0.25) is 14.7 Å². The van der Waals surface area contributed by atoms with Gasteiger partial charge < -0.3 is 15.0 Å². The van der Waals surface area contributed by atoms with E-state index >= 15 is 0 Å². The fourth-order valence-corrected chi connectivity index (χ4v) is 4.69. The Hall–Kier alpha value is -3.12. The lowest BCUT2D eigenvalue weighted by molar-refractivity contribution is -0.117. The quantitative estimate of drug-likeness (QED) is 0.551. The number of pyridine rings is 1. The maximum atomic E-state index is 13.1. The van der Waals surface area contributed by atoms with Crippen LogP contribution in [0.2, 0.25) is 0 Å². The molecule has 0 radical (unpaired) electrons. The van der Waals surface area contributed by atoms with Gasteiger partial charge >= 0.3 is 0 Å². The van der Waals surface area contributed by atoms with Gasteiger partial charge in [-0.1, -0.05) is 50.6 Å². The Labute approximate surface area is 196 Å². The van der Waals surface area contributed by atoms with Crippen LogP contribution in [0.5, 0.6) is 5.75 Å². The molecule has 0 bridgehead atoms. The summed E-state index contributed by atoms with van der Waals surface area (Å²) in [5.74, 6) is 0.928. The van der Waals surface area contributed by atoms with E-state index in [0.29, 0.717) is 6.54 Å². The number of piperazine rings is 1. The molecule has 2 aromatic carbocycles. The summed E-state index contributed by atoms with van der Waals surface area (Å²) in [5, 5.41) is 4.27. The molecule has 4 rings (SSSR count). The summed E-state index contributed by atoms with van der Waals surface area (Å²) in [6.45, 7) is 8.10. The average Bonchev–Trinajstić information content (AvgIpc) is 2.85. The number of carbonyl (C=O) groups excluding carboxylic acids is 1. The standard InChI is InChI=1S/C27H34N4O2/c1-4-10-22-20(5-2)27(21-11-6-7-12-23(21)28-22)29-26(32)19-30-15-17-31(18-16-30)24-13-8-9-14-25(24)33-3/h6-9,11-14H,4-5,10,15-19H2,1-3H3,(H,28,29,32). The van der Waals surface area contributed by atoms with Crippen molar-refractivity contribution in [2.75, 3.05) is 50.1 Å². The molecular formula is C27H34N4O2. The van der Waals surface area contributed by atoms with E-state index in [1.165, 1.54) is 0 Å². The van der Waals surface area contributed by atoms with E-state index in [9.17, 15) is 4.79 Å². The zero-order valence-electron chi connectivity index (χ0n) is 19.9. The van der Waals surface area contributed by atoms with Gasteiger partial charge in [0.25, 0.3) is 0 Å². The molecule has 1 aromatic heterocycles. The second kappa shape index (κ2) is 10.7. The number of nitrogens with zero attached hydrogens (tertiary/aromatic N) is 3. The predicted molar refractivity (Wildman–Crippen MR) is 135 cm³/mol. The molecule has 3 aromatic rings. The molecule has 2 heterocycles. The molecule has 0 aliphatic carbocycles. The Morgan fingerprint density at radius 1 is 1.03 bits per heavy atom. The summed E-state index contributed by atoms with van der Waals surface area (Å²) in [4.78, 5) is 22.6. The van der Waals surface area contributed by atoms with Gasteiger partial charge in [0.2, 0.25) is 5.91 Å². The average molecular weight is 447 g/mol. The fraction of sp³-hybridized carbons (Fsp3) is 0.407. The second-order valence-electron chi connectivity index (χ2n) is 8.52. The molecule has 1 saturated heterocycles. The first kappa shape index (κ1) is 23.1. The maximum absolute atomic E-state index is 13.1. The SMILES string of the molecule is CCCc1nc2ccccc2c(NC(=O)CN2CCN(c3ccccc3OC)CC2)c1CC. The third-order valence-electron chi connectivity index (χ3n) is 6.35. The minimum atomic E-state index is 0.0363. The zero-order chi connectivity index (χ0) is 23.2. The number of anilines is 2. The lowest BCUT2D eigenvalue weighted by Crippen LogP contribution is -2.48. The van der Waals surface area contributed by atoms with Crippen LogP contribution in [-0.2, 0) is 17.6 Å². The van der Waals surface area contributed by atoms with Crippen LogP contribution in [0.4, 0.5) is 11.4 Å². The molecule has 0 atom stereocenters. The largest absolute Gasteiger partial charge is 0.495 e. The molecule has 1 amide bonds. The topological polar surface area (TPSA) is 57.7 Å². The van der Waals surface area contributed by atoms with E-state index in [0.717, 1.165) is 84.7 Å². The van der Waals surface area contributed by atoms with Crippen LogP contribution in [0.3, 0.4) is 0 Å². The predicted octanol–water partition coefficient (Wildman–Crippen LogP) is 4.52. The number of para-hydroxylation sites is 3. The number of hydrogen-bond donors (Lipinski definition) is 1. The van der Waals surface area contributed by atoms with Crippen LogP contribution < -0.4 is 15.0 Å². The highest BCUT2D eigenvalue weighted by atomic mass is 16.5. The van der Waals surface area contributed by atoms with E-state index in [2.05, 4.69) is 41.1 Å². The highest BCUT2D eigenvalue weighted by molar-refractivity contribution is 6.03. The van der Waals surface area contributed by atoms with Gasteiger partial charge in [-0.05, 0) is 36.6 Å². The fourth-order valence-electron chi connectivity index (χ4n) is 4.69. The number of carbonyl (C=O) groups is 1. The first-order chi connectivity index (χ1) is 16.1. The number of amides is 1. The number of aromatic nitrogens is 1. The number of hydrogen-bond acceptors (Lipinski definition) is 5. The minimum Gasteiger partial charge on any atom is -0.495 e. The lowest BCUT2D eigenvalue weighted by Gasteiger charge is -2.36. The Morgan fingerprint density at radius 3 is 2.48 bits per heavy atom. The summed E-state index contributed by atoms with van der Waals surface area (Å²) >= 11 is 0. The number of rotatable bonds is 8. The Balaban J connectivity index is 1.45. The van der Waals surface area contributed by atoms with E-state index in [1.54, 1.807) is 7.11 Å². The van der Waals surface area contributed by atoms with E-state index in [4.69, 9.17) is 9.72 Å². The molecule has 1 fully saturated rings. The second-order valence-corrected chi connectivity index (χ2v) is 8.52. The van der Waals surface area contributed by atoms with Crippen molar-refractivity contribution in [3.63, 3.8) is 0 Å². The van der Waals surface area contributed by atoms with Crippen LogP contribution in [0, 0.1) is 0 Å². The molecule has 0 unspecified atom stereocenters. The first-order valence-electron chi connectivity index (χ1n) is 11.9. The molecule has 0 spiro atoms. The summed E-state index contributed by atoms with van der Waals surface area (Å²) in [6, 6.07) is 16.2. The Kier molecular flexibility index (Phi) is 7.45. The third-order valence-corrected chi connectivity index (χ3v) is 6.35. The van der Waals surface area contributed by atoms with E-state index in [-0.39, 0.29) is 5.91 Å². The maximum Gasteiger partial charge on any atom is 0.238 e. The molecule has 174 valence electrons. The van der Waals surface area contributed by atoms with Crippen molar-refractivity contribution in [2.45, 2.75) is 33.1 Å². The highest BCUT2D eigenvalue weighted by Crippen LogP contribution is 2.30. The van der Waals surface area contributed by atoms with Gasteiger partial charge in [0, 0.05) is 37.3 Å². The number of aryl methyl sites for hydroxylation is 1. The number of benzene rings is 2. The molecule has 1 aliphatic rings. The molecule has 1 N–H and O–H groups in total. The zero-order valence-corrected chi connectivity index (χ0v) is 19.9. The van der Waals surface area contributed by atoms with Crippen LogP contribution in [0.25, 0.3) is 10.9 Å². The third kappa shape index (κ3) is 5.11. The molecule has 0 saturated carbocycles. The van der Waals surface area contributed by atoms with Crippen molar-refractivity contribution >= 4 is 28.2 Å². The highest BCUT2D eigenvalue weighted by Gasteiger charge is 2.22. The lowest BCUT2D eigenvalue weighted by atomic mass is 10.0. The molecule has 1 aliphatic heterocycles. The smallest absolute Gasteiger partial charge is 0.238 e. The first-order valence-corrected chi connectivity index (χ1v) is 11.9. The summed E-state index contributed by atoms with van der Waals surface area (Å²) in [6.07, 6.45) is 2.80. The summed E-state index contributed by atoms with van der Waals surface area (Å²) in [7, 11) is 1.71. The van der Waals surface area contributed by atoms with Crippen molar-refractivity contribution in [1.29, 1.82) is 0 Å². The summed E-state index contributed by atoms with van der Waals surface area (Å²) < 4.78 is 5.52. The van der Waals surface area contributed by atoms with E-state index in [1.807, 2.05) is 36.4 Å². The van der Waals surface area contributed by atoms with Gasteiger partial charge in [-0.2, -0.15) is 0 Å².